The highest BCUT2D eigenvalue weighted by molar-refractivity contribution is 5.85. The van der Waals surface area contributed by atoms with Crippen LogP contribution in [0.15, 0.2) is 0 Å². The normalized spacial score (nSPS) is 21.0. The molecule has 0 aromatic carbocycles. The van der Waals surface area contributed by atoms with Gasteiger partial charge in [0.15, 0.2) is 0 Å². The highest BCUT2D eigenvalue weighted by Crippen LogP contribution is 2.10. The molecule has 0 radical (unpaired) electrons. The van der Waals surface area contributed by atoms with E-state index in [1.54, 1.807) is 0 Å². The van der Waals surface area contributed by atoms with Crippen LogP contribution in [0.25, 0.3) is 0 Å². The maximum absolute atomic E-state index is 11.8. The Hall–Kier alpha value is -1.63. The number of carbonyl (C=O) groups is 3. The lowest BCUT2D eigenvalue weighted by molar-refractivity contribution is -0.142. The summed E-state index contributed by atoms with van der Waals surface area (Å²) in [6.07, 6.45) is 1.62. The van der Waals surface area contributed by atoms with E-state index >= 15 is 0 Å². The van der Waals surface area contributed by atoms with Gasteiger partial charge in [-0.1, -0.05) is 0 Å². The van der Waals surface area contributed by atoms with Crippen molar-refractivity contribution in [2.24, 2.45) is 11.7 Å². The highest BCUT2D eigenvalue weighted by atomic mass is 16.4. The monoisotopic (exact) mass is 257 g/mol. The van der Waals surface area contributed by atoms with Crippen molar-refractivity contribution >= 4 is 17.8 Å². The number of aliphatic carboxylic acids is 1. The zero-order valence-corrected chi connectivity index (χ0v) is 10.1. The first-order chi connectivity index (χ1) is 8.50. The Morgan fingerprint density at radius 3 is 2.67 bits per heavy atom. The Morgan fingerprint density at radius 1 is 1.44 bits per heavy atom. The van der Waals surface area contributed by atoms with Crippen LogP contribution in [0.1, 0.15) is 25.7 Å². The van der Waals surface area contributed by atoms with Crippen LogP contribution in [-0.4, -0.2) is 42.0 Å². The molecule has 0 bridgehead atoms. The number of amides is 2. The van der Waals surface area contributed by atoms with Gasteiger partial charge < -0.3 is 21.5 Å². The predicted molar refractivity (Wildman–Crippen MR) is 63.6 cm³/mol. The number of hydrogen-bond acceptors (Lipinski definition) is 4. The average Bonchev–Trinajstić information content (AvgIpc) is 2.34. The SMILES string of the molecule is NC(=O)CC[C@H](NC(=O)C1CCCNC1)C(=O)O. The summed E-state index contributed by atoms with van der Waals surface area (Å²) in [7, 11) is 0. The Kier molecular flexibility index (Phi) is 5.57. The molecule has 0 saturated carbocycles. The van der Waals surface area contributed by atoms with Gasteiger partial charge >= 0.3 is 5.97 Å². The van der Waals surface area contributed by atoms with E-state index in [-0.39, 0.29) is 24.7 Å². The summed E-state index contributed by atoms with van der Waals surface area (Å²) in [6.45, 7) is 1.45. The molecule has 7 nitrogen and oxygen atoms in total. The second-order valence-electron chi connectivity index (χ2n) is 4.45. The lowest BCUT2D eigenvalue weighted by Crippen LogP contribution is -2.47. The Bertz CT molecular complexity index is 326. The summed E-state index contributed by atoms with van der Waals surface area (Å²) in [6, 6.07) is -1.05. The minimum atomic E-state index is -1.15. The summed E-state index contributed by atoms with van der Waals surface area (Å²) in [5, 5.41) is 14.5. The maximum atomic E-state index is 11.8. The number of primary amides is 1. The Morgan fingerprint density at radius 2 is 2.17 bits per heavy atom. The van der Waals surface area contributed by atoms with Crippen molar-refractivity contribution in [1.29, 1.82) is 0 Å². The van der Waals surface area contributed by atoms with E-state index in [1.165, 1.54) is 0 Å². The molecule has 0 spiro atoms. The Balaban J connectivity index is 2.46. The summed E-state index contributed by atoms with van der Waals surface area (Å²) in [4.78, 5) is 33.4. The molecule has 1 unspecified atom stereocenters. The number of nitrogens with one attached hydrogen (secondary N) is 2. The van der Waals surface area contributed by atoms with Crippen LogP contribution in [-0.2, 0) is 14.4 Å². The molecule has 1 fully saturated rings. The quantitative estimate of drug-likeness (QED) is 0.477. The summed E-state index contributed by atoms with van der Waals surface area (Å²) < 4.78 is 0. The molecule has 0 aromatic heterocycles. The van der Waals surface area contributed by atoms with Gasteiger partial charge in [0.1, 0.15) is 6.04 Å². The second kappa shape index (κ2) is 6.95. The van der Waals surface area contributed by atoms with Crippen molar-refractivity contribution in [2.45, 2.75) is 31.7 Å². The molecule has 18 heavy (non-hydrogen) atoms. The van der Waals surface area contributed by atoms with Crippen LogP contribution < -0.4 is 16.4 Å². The summed E-state index contributed by atoms with van der Waals surface area (Å²) in [5.41, 5.74) is 4.96. The molecular formula is C11H19N3O4. The molecule has 2 amide bonds. The van der Waals surface area contributed by atoms with Crippen LogP contribution in [0.4, 0.5) is 0 Å². The van der Waals surface area contributed by atoms with Gasteiger partial charge in [0, 0.05) is 13.0 Å². The maximum Gasteiger partial charge on any atom is 0.326 e. The summed E-state index contributed by atoms with van der Waals surface area (Å²) >= 11 is 0. The number of rotatable bonds is 6. The van der Waals surface area contributed by atoms with Gasteiger partial charge in [0.05, 0.1) is 5.92 Å². The first kappa shape index (κ1) is 14.4. The van der Waals surface area contributed by atoms with Gasteiger partial charge in [-0.05, 0) is 25.8 Å². The van der Waals surface area contributed by atoms with E-state index in [2.05, 4.69) is 10.6 Å². The largest absolute Gasteiger partial charge is 0.480 e. The van der Waals surface area contributed by atoms with E-state index in [1.807, 2.05) is 0 Å². The summed E-state index contributed by atoms with van der Waals surface area (Å²) in [5.74, 6) is -2.20. The molecule has 102 valence electrons. The average molecular weight is 257 g/mol. The number of carboxylic acids is 1. The molecule has 2 atom stereocenters. The van der Waals surface area contributed by atoms with Crippen LogP contribution in [0.3, 0.4) is 0 Å². The number of hydrogen-bond donors (Lipinski definition) is 4. The molecule has 1 heterocycles. The van der Waals surface area contributed by atoms with Crippen LogP contribution in [0.2, 0.25) is 0 Å². The third kappa shape index (κ3) is 4.70. The molecular weight excluding hydrogens is 238 g/mol. The first-order valence-electron chi connectivity index (χ1n) is 6.03. The predicted octanol–water partition coefficient (Wildman–Crippen LogP) is -1.18. The van der Waals surface area contributed by atoms with Gasteiger partial charge in [0.25, 0.3) is 0 Å². The fourth-order valence-electron chi connectivity index (χ4n) is 1.91. The van der Waals surface area contributed by atoms with Crippen molar-refractivity contribution in [1.82, 2.24) is 10.6 Å². The fourth-order valence-corrected chi connectivity index (χ4v) is 1.91. The van der Waals surface area contributed by atoms with Gasteiger partial charge in [-0.25, -0.2) is 4.79 Å². The zero-order valence-electron chi connectivity index (χ0n) is 10.1. The Labute approximate surface area is 105 Å². The zero-order chi connectivity index (χ0) is 13.5. The minimum Gasteiger partial charge on any atom is -0.480 e. The standard InChI is InChI=1S/C11H19N3O4/c12-9(15)4-3-8(11(17)18)14-10(16)7-2-1-5-13-6-7/h7-8,13H,1-6H2,(H2,12,15)(H,14,16)(H,17,18)/t7?,8-/m0/s1. The van der Waals surface area contributed by atoms with Gasteiger partial charge in [-0.15, -0.1) is 0 Å². The number of carbonyl (C=O) groups excluding carboxylic acids is 2. The van der Waals surface area contributed by atoms with Crippen LogP contribution >= 0.6 is 0 Å². The van der Waals surface area contributed by atoms with E-state index < -0.39 is 17.9 Å². The topological polar surface area (TPSA) is 122 Å². The van der Waals surface area contributed by atoms with Crippen molar-refractivity contribution in [3.05, 3.63) is 0 Å². The molecule has 1 aliphatic rings. The number of nitrogens with two attached hydrogens (primary N) is 1. The number of piperidine rings is 1. The van der Waals surface area contributed by atoms with E-state index in [0.717, 1.165) is 19.4 Å². The van der Waals surface area contributed by atoms with Gasteiger partial charge in [-0.2, -0.15) is 0 Å². The van der Waals surface area contributed by atoms with E-state index in [0.29, 0.717) is 6.54 Å². The van der Waals surface area contributed by atoms with Crippen molar-refractivity contribution in [3.8, 4) is 0 Å². The number of carboxylic acid groups (broad SMARTS) is 1. The van der Waals surface area contributed by atoms with Crippen molar-refractivity contribution in [2.75, 3.05) is 13.1 Å². The molecule has 0 aliphatic carbocycles. The molecule has 0 aromatic rings. The molecule has 7 heteroatoms. The van der Waals surface area contributed by atoms with Gasteiger partial charge in [0.2, 0.25) is 11.8 Å². The smallest absolute Gasteiger partial charge is 0.326 e. The third-order valence-corrected chi connectivity index (χ3v) is 2.96. The molecule has 1 rings (SSSR count). The first-order valence-corrected chi connectivity index (χ1v) is 6.03. The lowest BCUT2D eigenvalue weighted by atomic mass is 9.98. The second-order valence-corrected chi connectivity index (χ2v) is 4.45. The van der Waals surface area contributed by atoms with E-state index in [4.69, 9.17) is 10.8 Å². The van der Waals surface area contributed by atoms with E-state index in [9.17, 15) is 14.4 Å². The lowest BCUT2D eigenvalue weighted by Gasteiger charge is -2.23. The van der Waals surface area contributed by atoms with Crippen molar-refractivity contribution in [3.63, 3.8) is 0 Å². The van der Waals surface area contributed by atoms with Crippen LogP contribution in [0, 0.1) is 5.92 Å². The fraction of sp³-hybridized carbons (Fsp3) is 0.727. The minimum absolute atomic E-state index is 0.0244. The van der Waals surface area contributed by atoms with Crippen molar-refractivity contribution < 1.29 is 19.5 Å². The molecule has 5 N–H and O–H groups in total. The molecule has 1 saturated heterocycles. The third-order valence-electron chi connectivity index (χ3n) is 2.96. The van der Waals surface area contributed by atoms with Crippen LogP contribution in [0.5, 0.6) is 0 Å². The van der Waals surface area contributed by atoms with Gasteiger partial charge in [-0.3, -0.25) is 9.59 Å². The molecule has 1 aliphatic heterocycles. The highest BCUT2D eigenvalue weighted by Gasteiger charge is 2.26.